The number of halogens is 3. The van der Waals surface area contributed by atoms with Crippen LogP contribution in [0.25, 0.3) is 0 Å². The van der Waals surface area contributed by atoms with Crippen LogP contribution in [-0.2, 0) is 6.54 Å². The van der Waals surface area contributed by atoms with Crippen molar-refractivity contribution in [3.63, 3.8) is 0 Å². The molecule has 1 N–H and O–H groups in total. The number of pyridine rings is 1. The van der Waals surface area contributed by atoms with Gasteiger partial charge < -0.3 is 10.2 Å². The maximum absolute atomic E-state index is 13.7. The van der Waals surface area contributed by atoms with Crippen LogP contribution < -0.4 is 10.2 Å². The van der Waals surface area contributed by atoms with Gasteiger partial charge in [0.25, 0.3) is 0 Å². The largest absolute Gasteiger partial charge is 0.372 e. The van der Waals surface area contributed by atoms with Gasteiger partial charge in [-0.3, -0.25) is 0 Å². The highest BCUT2D eigenvalue weighted by atomic mass is 35.5. The van der Waals surface area contributed by atoms with Crippen molar-refractivity contribution in [3.05, 3.63) is 51.8 Å². The minimum Gasteiger partial charge on any atom is -0.372 e. The fraction of sp³-hybridized carbons (Fsp3) is 0.214. The van der Waals surface area contributed by atoms with Crippen LogP contribution in [0.3, 0.4) is 0 Å². The molecule has 0 spiro atoms. The van der Waals surface area contributed by atoms with Crippen molar-refractivity contribution in [3.8, 4) is 0 Å². The highest BCUT2D eigenvalue weighted by Gasteiger charge is 2.13. The highest BCUT2D eigenvalue weighted by molar-refractivity contribution is 6.37. The van der Waals surface area contributed by atoms with Crippen molar-refractivity contribution in [1.29, 1.82) is 0 Å². The molecule has 2 rings (SSSR count). The smallest absolute Gasteiger partial charge is 0.149 e. The molecule has 3 nitrogen and oxygen atoms in total. The van der Waals surface area contributed by atoms with Gasteiger partial charge in [0.1, 0.15) is 17.5 Å². The number of anilines is 2. The van der Waals surface area contributed by atoms with Gasteiger partial charge in [0.2, 0.25) is 0 Å². The minimum atomic E-state index is -0.252. The van der Waals surface area contributed by atoms with Gasteiger partial charge in [0, 0.05) is 26.2 Å². The Morgan fingerprint density at radius 1 is 1.25 bits per heavy atom. The van der Waals surface area contributed by atoms with E-state index >= 15 is 0 Å². The van der Waals surface area contributed by atoms with Crippen LogP contribution in [0, 0.1) is 5.82 Å². The Kier molecular flexibility index (Phi) is 4.68. The summed E-state index contributed by atoms with van der Waals surface area (Å²) in [6.45, 7) is 0.365. The predicted molar refractivity (Wildman–Crippen MR) is 82.3 cm³/mol. The third-order valence-electron chi connectivity index (χ3n) is 2.87. The normalized spacial score (nSPS) is 10.4. The van der Waals surface area contributed by atoms with Gasteiger partial charge in [-0.2, -0.15) is 0 Å². The van der Waals surface area contributed by atoms with E-state index in [1.807, 2.05) is 0 Å². The molecule has 0 aliphatic carbocycles. The van der Waals surface area contributed by atoms with E-state index < -0.39 is 0 Å². The number of nitrogens with one attached hydrogen (secondary N) is 1. The van der Waals surface area contributed by atoms with Crippen LogP contribution in [0.2, 0.25) is 10.0 Å². The Morgan fingerprint density at radius 3 is 2.60 bits per heavy atom. The molecule has 1 aromatic heterocycles. The summed E-state index contributed by atoms with van der Waals surface area (Å²) in [6, 6.07) is 8.23. The molecule has 0 saturated carbocycles. The van der Waals surface area contributed by atoms with Gasteiger partial charge in [-0.05, 0) is 12.1 Å². The molecule has 2 aromatic rings. The van der Waals surface area contributed by atoms with E-state index in [4.69, 9.17) is 23.2 Å². The number of benzene rings is 1. The zero-order valence-electron chi connectivity index (χ0n) is 11.1. The van der Waals surface area contributed by atoms with Crippen molar-refractivity contribution >= 4 is 34.8 Å². The van der Waals surface area contributed by atoms with Gasteiger partial charge in [-0.15, -0.1) is 0 Å². The van der Waals surface area contributed by atoms with Gasteiger partial charge >= 0.3 is 0 Å². The number of rotatable bonds is 4. The number of aromatic nitrogens is 1. The van der Waals surface area contributed by atoms with E-state index in [9.17, 15) is 4.39 Å². The van der Waals surface area contributed by atoms with Crippen molar-refractivity contribution in [2.45, 2.75) is 6.54 Å². The molecule has 0 atom stereocenters. The summed E-state index contributed by atoms with van der Waals surface area (Å²) in [5.41, 5.74) is 0.578. The molecule has 0 unspecified atom stereocenters. The summed E-state index contributed by atoms with van der Waals surface area (Å²) >= 11 is 12.2. The van der Waals surface area contributed by atoms with Gasteiger partial charge in [0.05, 0.1) is 10.0 Å². The molecular weight excluding hydrogens is 300 g/mol. The lowest BCUT2D eigenvalue weighted by molar-refractivity contribution is 0.607. The van der Waals surface area contributed by atoms with E-state index in [-0.39, 0.29) is 5.82 Å². The van der Waals surface area contributed by atoms with Crippen LogP contribution in [-0.4, -0.2) is 19.1 Å². The van der Waals surface area contributed by atoms with Crippen molar-refractivity contribution in [2.24, 2.45) is 0 Å². The Balaban J connectivity index is 2.30. The molecule has 0 radical (unpaired) electrons. The Labute approximate surface area is 127 Å². The number of nitrogens with zero attached hydrogens (tertiary/aromatic N) is 2. The van der Waals surface area contributed by atoms with E-state index in [1.54, 1.807) is 43.3 Å². The monoisotopic (exact) mass is 313 g/mol. The maximum Gasteiger partial charge on any atom is 0.149 e. The fourth-order valence-corrected chi connectivity index (χ4v) is 2.45. The minimum absolute atomic E-state index is 0.252. The van der Waals surface area contributed by atoms with Crippen LogP contribution in [0.1, 0.15) is 5.56 Å². The third-order valence-corrected chi connectivity index (χ3v) is 3.44. The molecule has 20 heavy (non-hydrogen) atoms. The van der Waals surface area contributed by atoms with Gasteiger partial charge in [0.15, 0.2) is 0 Å². The summed E-state index contributed by atoms with van der Waals surface area (Å²) in [5.74, 6) is 0.827. The quantitative estimate of drug-likeness (QED) is 0.916. The number of hydrogen-bond donors (Lipinski definition) is 1. The number of hydrogen-bond acceptors (Lipinski definition) is 3. The first-order chi connectivity index (χ1) is 9.52. The highest BCUT2D eigenvalue weighted by Crippen LogP contribution is 2.31. The van der Waals surface area contributed by atoms with Crippen molar-refractivity contribution < 1.29 is 4.39 Å². The zero-order chi connectivity index (χ0) is 14.7. The first-order valence-electron chi connectivity index (χ1n) is 6.01. The lowest BCUT2D eigenvalue weighted by Gasteiger charge is -2.21. The SMILES string of the molecule is CNc1nc(N(C)Cc2ccccc2F)c(Cl)cc1Cl. The first-order valence-corrected chi connectivity index (χ1v) is 6.77. The summed E-state index contributed by atoms with van der Waals surface area (Å²) in [6.07, 6.45) is 0. The summed E-state index contributed by atoms with van der Waals surface area (Å²) < 4.78 is 13.7. The summed E-state index contributed by atoms with van der Waals surface area (Å²) in [7, 11) is 3.52. The fourth-order valence-electron chi connectivity index (χ4n) is 1.86. The molecule has 0 aliphatic rings. The lowest BCUT2D eigenvalue weighted by Crippen LogP contribution is -2.19. The third kappa shape index (κ3) is 3.14. The predicted octanol–water partition coefficient (Wildman–Crippen LogP) is 4.21. The lowest BCUT2D eigenvalue weighted by atomic mass is 10.2. The summed E-state index contributed by atoms with van der Waals surface area (Å²) in [5, 5.41) is 3.76. The van der Waals surface area contributed by atoms with Crippen LogP contribution in [0.15, 0.2) is 30.3 Å². The van der Waals surface area contributed by atoms with Crippen molar-refractivity contribution in [2.75, 3.05) is 24.3 Å². The van der Waals surface area contributed by atoms with Gasteiger partial charge in [-0.1, -0.05) is 41.4 Å². The molecular formula is C14H14Cl2FN3. The second kappa shape index (κ2) is 6.29. The molecule has 0 fully saturated rings. The Hall–Kier alpha value is -1.52. The molecule has 0 bridgehead atoms. The topological polar surface area (TPSA) is 28.2 Å². The standard InChI is InChI=1S/C14H14Cl2FN3/c1-18-13-10(15)7-11(16)14(19-13)20(2)8-9-5-3-4-6-12(9)17/h3-7H,8H2,1-2H3,(H,18,19). The van der Waals surface area contributed by atoms with E-state index in [0.717, 1.165) is 0 Å². The van der Waals surface area contributed by atoms with Crippen molar-refractivity contribution in [1.82, 2.24) is 4.98 Å². The molecule has 1 heterocycles. The van der Waals surface area contributed by atoms with E-state index in [2.05, 4.69) is 10.3 Å². The van der Waals surface area contributed by atoms with Crippen LogP contribution in [0.5, 0.6) is 0 Å². The second-order valence-corrected chi connectivity index (χ2v) is 5.14. The van der Waals surface area contributed by atoms with Gasteiger partial charge in [-0.25, -0.2) is 9.37 Å². The molecule has 6 heteroatoms. The Bertz CT molecular complexity index is 619. The first kappa shape index (κ1) is 14.9. The molecule has 0 saturated heterocycles. The molecule has 106 valence electrons. The molecule has 0 aliphatic heterocycles. The van der Waals surface area contributed by atoms with Crippen LogP contribution >= 0.6 is 23.2 Å². The zero-order valence-corrected chi connectivity index (χ0v) is 12.6. The molecule has 0 amide bonds. The molecule has 1 aromatic carbocycles. The van der Waals surface area contributed by atoms with E-state index in [1.165, 1.54) is 6.07 Å². The second-order valence-electron chi connectivity index (χ2n) is 4.32. The van der Waals surface area contributed by atoms with E-state index in [0.29, 0.717) is 33.8 Å². The Morgan fingerprint density at radius 2 is 1.95 bits per heavy atom. The maximum atomic E-state index is 13.7. The average Bonchev–Trinajstić information content (AvgIpc) is 2.41. The average molecular weight is 314 g/mol. The summed E-state index contributed by atoms with van der Waals surface area (Å²) in [4.78, 5) is 6.12. The van der Waals surface area contributed by atoms with Crippen LogP contribution in [0.4, 0.5) is 16.0 Å².